The van der Waals surface area contributed by atoms with E-state index < -0.39 is 0 Å². The van der Waals surface area contributed by atoms with E-state index in [0.29, 0.717) is 37.8 Å². The average molecular weight is 346 g/mol. The quantitative estimate of drug-likeness (QED) is 0.896. The number of nitrogens with zero attached hydrogens (tertiary/aromatic N) is 3. The molecule has 1 aromatic heterocycles. The van der Waals surface area contributed by atoms with E-state index in [0.717, 1.165) is 5.56 Å². The van der Waals surface area contributed by atoms with E-state index in [-0.39, 0.29) is 18.0 Å². The Balaban J connectivity index is 1.48. The van der Waals surface area contributed by atoms with Crippen LogP contribution in [0.2, 0.25) is 0 Å². The predicted octanol–water partition coefficient (Wildman–Crippen LogP) is 1.99. The minimum absolute atomic E-state index is 0.141. The maximum Gasteiger partial charge on any atom is 0.317 e. The van der Waals surface area contributed by atoms with E-state index in [9.17, 15) is 9.18 Å². The van der Waals surface area contributed by atoms with Gasteiger partial charge in [0.25, 0.3) is 0 Å². The maximum absolute atomic E-state index is 12.9. The Kier molecular flexibility index (Phi) is 5.27. The number of methoxy groups -OCH3 is 1. The lowest BCUT2D eigenvalue weighted by Gasteiger charge is -2.17. The van der Waals surface area contributed by atoms with Gasteiger partial charge in [-0.3, -0.25) is 4.98 Å². The number of benzene rings is 1. The van der Waals surface area contributed by atoms with Crippen molar-refractivity contribution in [1.82, 2.24) is 20.2 Å². The van der Waals surface area contributed by atoms with Gasteiger partial charge in [-0.05, 0) is 17.7 Å². The van der Waals surface area contributed by atoms with Crippen molar-refractivity contribution in [3.63, 3.8) is 0 Å². The van der Waals surface area contributed by atoms with E-state index in [1.807, 2.05) is 0 Å². The molecule has 8 heteroatoms. The second-order valence-corrected chi connectivity index (χ2v) is 5.66. The van der Waals surface area contributed by atoms with Crippen LogP contribution in [0.25, 0.3) is 0 Å². The summed E-state index contributed by atoms with van der Waals surface area (Å²) in [7, 11) is 1.51. The third-order valence-corrected chi connectivity index (χ3v) is 3.88. The largest absolute Gasteiger partial charge is 0.480 e. The first kappa shape index (κ1) is 16.9. The third kappa shape index (κ3) is 4.56. The second kappa shape index (κ2) is 7.78. The van der Waals surface area contributed by atoms with E-state index in [2.05, 4.69) is 15.3 Å². The van der Waals surface area contributed by atoms with Gasteiger partial charge in [-0.15, -0.1) is 0 Å². The Hall–Kier alpha value is -2.90. The smallest absolute Gasteiger partial charge is 0.317 e. The number of urea groups is 1. The molecule has 1 fully saturated rings. The van der Waals surface area contributed by atoms with Gasteiger partial charge in [0.1, 0.15) is 11.9 Å². The number of aromatic nitrogens is 2. The summed E-state index contributed by atoms with van der Waals surface area (Å²) in [6.45, 7) is 1.41. The van der Waals surface area contributed by atoms with Crippen LogP contribution >= 0.6 is 0 Å². The van der Waals surface area contributed by atoms with Crippen molar-refractivity contribution in [3.8, 4) is 11.8 Å². The molecule has 3 rings (SSSR count). The van der Waals surface area contributed by atoms with Crippen molar-refractivity contribution >= 4 is 6.03 Å². The summed E-state index contributed by atoms with van der Waals surface area (Å²) in [6, 6.07) is 5.86. The van der Waals surface area contributed by atoms with Gasteiger partial charge in [0.05, 0.1) is 26.0 Å². The highest BCUT2D eigenvalue weighted by Crippen LogP contribution is 2.18. The monoisotopic (exact) mass is 346 g/mol. The third-order valence-electron chi connectivity index (χ3n) is 3.88. The van der Waals surface area contributed by atoms with Gasteiger partial charge in [0.15, 0.2) is 0 Å². The van der Waals surface area contributed by atoms with Crippen molar-refractivity contribution < 1.29 is 18.7 Å². The fourth-order valence-corrected chi connectivity index (χ4v) is 2.56. The molecule has 2 heterocycles. The van der Waals surface area contributed by atoms with Crippen LogP contribution in [0.4, 0.5) is 9.18 Å². The Labute approximate surface area is 144 Å². The highest BCUT2D eigenvalue weighted by Gasteiger charge is 2.28. The zero-order valence-electron chi connectivity index (χ0n) is 13.8. The maximum atomic E-state index is 12.9. The number of carbonyl (C=O) groups is 1. The molecule has 1 aliphatic rings. The predicted molar refractivity (Wildman–Crippen MR) is 87.8 cm³/mol. The lowest BCUT2D eigenvalue weighted by molar-refractivity contribution is 0.181. The number of amides is 2. The number of likely N-dealkylation sites (tertiary alicyclic amines) is 1. The molecule has 1 aromatic carbocycles. The molecule has 1 atom stereocenters. The highest BCUT2D eigenvalue weighted by molar-refractivity contribution is 5.74. The summed E-state index contributed by atoms with van der Waals surface area (Å²) in [6.07, 6.45) is 3.58. The summed E-state index contributed by atoms with van der Waals surface area (Å²) < 4.78 is 23.6. The molecule has 0 spiro atoms. The minimum Gasteiger partial charge on any atom is -0.480 e. The molecule has 2 amide bonds. The molecular weight excluding hydrogens is 327 g/mol. The van der Waals surface area contributed by atoms with Gasteiger partial charge < -0.3 is 19.7 Å². The van der Waals surface area contributed by atoms with Crippen LogP contribution in [-0.2, 0) is 6.54 Å². The SMILES string of the molecule is COc1cncc(OC2CCN(C(=O)NCc3ccc(F)cc3)C2)n1. The van der Waals surface area contributed by atoms with Crippen molar-refractivity contribution in [3.05, 3.63) is 48.0 Å². The number of hydrogen-bond donors (Lipinski definition) is 1. The van der Waals surface area contributed by atoms with Gasteiger partial charge in [-0.1, -0.05) is 12.1 Å². The van der Waals surface area contributed by atoms with Gasteiger partial charge in [-0.25, -0.2) is 9.18 Å². The van der Waals surface area contributed by atoms with Crippen molar-refractivity contribution in [2.45, 2.75) is 19.1 Å². The summed E-state index contributed by atoms with van der Waals surface area (Å²) in [5.41, 5.74) is 0.841. The highest BCUT2D eigenvalue weighted by atomic mass is 19.1. The number of ether oxygens (including phenoxy) is 2. The van der Waals surface area contributed by atoms with Gasteiger partial charge >= 0.3 is 6.03 Å². The van der Waals surface area contributed by atoms with Gasteiger partial charge in [0, 0.05) is 19.5 Å². The molecule has 0 aliphatic carbocycles. The number of nitrogens with one attached hydrogen (secondary N) is 1. The first-order valence-corrected chi connectivity index (χ1v) is 7.94. The van der Waals surface area contributed by atoms with Crippen LogP contribution in [0.15, 0.2) is 36.7 Å². The summed E-state index contributed by atoms with van der Waals surface area (Å²) in [4.78, 5) is 22.0. The second-order valence-electron chi connectivity index (χ2n) is 5.66. The molecule has 0 saturated carbocycles. The van der Waals surface area contributed by atoms with Crippen molar-refractivity contribution in [2.24, 2.45) is 0 Å². The fraction of sp³-hybridized carbons (Fsp3) is 0.353. The molecule has 1 aliphatic heterocycles. The molecule has 25 heavy (non-hydrogen) atoms. The van der Waals surface area contributed by atoms with Crippen LogP contribution in [0.3, 0.4) is 0 Å². The molecule has 1 unspecified atom stereocenters. The average Bonchev–Trinajstić information content (AvgIpc) is 3.09. The van der Waals surface area contributed by atoms with Crippen molar-refractivity contribution in [1.29, 1.82) is 0 Å². The van der Waals surface area contributed by atoms with Gasteiger partial charge in [-0.2, -0.15) is 4.98 Å². The molecule has 1 saturated heterocycles. The van der Waals surface area contributed by atoms with Crippen LogP contribution < -0.4 is 14.8 Å². The lowest BCUT2D eigenvalue weighted by Crippen LogP contribution is -2.39. The molecular formula is C17H19FN4O3. The Morgan fingerprint density at radius 2 is 2.08 bits per heavy atom. The zero-order valence-corrected chi connectivity index (χ0v) is 13.8. The molecule has 0 bridgehead atoms. The number of rotatable bonds is 5. The van der Waals surface area contributed by atoms with Crippen LogP contribution in [0.1, 0.15) is 12.0 Å². The molecule has 0 radical (unpaired) electrons. The molecule has 2 aromatic rings. The van der Waals surface area contributed by atoms with Crippen molar-refractivity contribution in [2.75, 3.05) is 20.2 Å². The minimum atomic E-state index is -0.296. The van der Waals surface area contributed by atoms with Gasteiger partial charge in [0.2, 0.25) is 11.8 Å². The normalized spacial score (nSPS) is 16.6. The van der Waals surface area contributed by atoms with E-state index >= 15 is 0 Å². The Bertz CT molecular complexity index is 726. The summed E-state index contributed by atoms with van der Waals surface area (Å²) in [5, 5.41) is 2.82. The number of halogens is 1. The van der Waals surface area contributed by atoms with Crippen LogP contribution in [-0.4, -0.2) is 47.2 Å². The van der Waals surface area contributed by atoms with Crippen LogP contribution in [0, 0.1) is 5.82 Å². The summed E-state index contributed by atoms with van der Waals surface area (Å²) >= 11 is 0. The lowest BCUT2D eigenvalue weighted by atomic mass is 10.2. The zero-order chi connectivity index (χ0) is 17.6. The standard InChI is InChI=1S/C17H19FN4O3/c1-24-15-9-19-10-16(21-15)25-14-6-7-22(11-14)17(23)20-8-12-2-4-13(18)5-3-12/h2-5,9-10,14H,6-8,11H2,1H3,(H,20,23). The molecule has 132 valence electrons. The first-order valence-electron chi connectivity index (χ1n) is 7.94. The van der Waals surface area contributed by atoms with E-state index in [1.165, 1.54) is 31.6 Å². The molecule has 7 nitrogen and oxygen atoms in total. The topological polar surface area (TPSA) is 76.6 Å². The Morgan fingerprint density at radius 3 is 2.84 bits per heavy atom. The Morgan fingerprint density at radius 1 is 1.32 bits per heavy atom. The van der Waals surface area contributed by atoms with E-state index in [4.69, 9.17) is 9.47 Å². The van der Waals surface area contributed by atoms with E-state index in [1.54, 1.807) is 17.0 Å². The number of hydrogen-bond acceptors (Lipinski definition) is 5. The number of carbonyl (C=O) groups excluding carboxylic acids is 1. The first-order chi connectivity index (χ1) is 12.1. The van der Waals surface area contributed by atoms with Crippen LogP contribution in [0.5, 0.6) is 11.8 Å². The fourth-order valence-electron chi connectivity index (χ4n) is 2.56. The summed E-state index contributed by atoms with van der Waals surface area (Å²) in [5.74, 6) is 0.456. The molecule has 1 N–H and O–H groups in total.